The van der Waals surface area contributed by atoms with Gasteiger partial charge in [0.1, 0.15) is 0 Å². The molecule has 0 saturated carbocycles. The molecule has 1 aromatic carbocycles. The average molecular weight is 353 g/mol. The molecule has 0 fully saturated rings. The van der Waals surface area contributed by atoms with Gasteiger partial charge in [-0.15, -0.1) is 11.3 Å². The van der Waals surface area contributed by atoms with Gasteiger partial charge in [0.15, 0.2) is 5.78 Å². The van der Waals surface area contributed by atoms with Gasteiger partial charge in [-0.25, -0.2) is 0 Å². The van der Waals surface area contributed by atoms with E-state index in [9.17, 15) is 4.79 Å². The van der Waals surface area contributed by atoms with Gasteiger partial charge in [-0.05, 0) is 42.3 Å². The van der Waals surface area contributed by atoms with Gasteiger partial charge >= 0.3 is 0 Å². The Hall–Kier alpha value is -2.07. The van der Waals surface area contributed by atoms with Crippen LogP contribution in [0.2, 0.25) is 0 Å². The van der Waals surface area contributed by atoms with Crippen LogP contribution < -0.4 is 10.2 Å². The first-order valence-electron chi connectivity index (χ1n) is 8.92. The molecule has 4 heteroatoms. The summed E-state index contributed by atoms with van der Waals surface area (Å²) < 4.78 is 0. The molecule has 4 rings (SSSR count). The zero-order valence-corrected chi connectivity index (χ0v) is 15.8. The zero-order valence-electron chi connectivity index (χ0n) is 15.0. The number of nitrogens with one attached hydrogen (secondary N) is 1. The number of benzene rings is 1. The lowest BCUT2D eigenvalue weighted by atomic mass is 9.74. The van der Waals surface area contributed by atoms with Crippen molar-refractivity contribution in [3.05, 3.63) is 57.9 Å². The summed E-state index contributed by atoms with van der Waals surface area (Å²) in [7, 11) is 0. The summed E-state index contributed by atoms with van der Waals surface area (Å²) in [6, 6.07) is 12.6. The van der Waals surface area contributed by atoms with Crippen LogP contribution in [0.4, 0.5) is 11.4 Å². The third-order valence-corrected chi connectivity index (χ3v) is 6.08. The summed E-state index contributed by atoms with van der Waals surface area (Å²) in [6.45, 7) is 7.39. The van der Waals surface area contributed by atoms with Crippen LogP contribution in [0.25, 0.3) is 0 Å². The quantitative estimate of drug-likeness (QED) is 0.787. The van der Waals surface area contributed by atoms with Crippen molar-refractivity contribution in [1.29, 1.82) is 0 Å². The Kier molecular flexibility index (Phi) is 3.95. The van der Waals surface area contributed by atoms with Gasteiger partial charge in [0, 0.05) is 29.1 Å². The monoisotopic (exact) mass is 352 g/mol. The average Bonchev–Trinajstić information content (AvgIpc) is 3.03. The number of Topliss-reactive ketones (excluding diaryl/α,β-unsaturated/α-hetero) is 1. The van der Waals surface area contributed by atoms with Gasteiger partial charge in [-0.2, -0.15) is 0 Å². The molecule has 0 radical (unpaired) electrons. The van der Waals surface area contributed by atoms with Crippen molar-refractivity contribution in [2.24, 2.45) is 5.41 Å². The molecule has 2 heterocycles. The number of para-hydroxylation sites is 2. The van der Waals surface area contributed by atoms with E-state index in [-0.39, 0.29) is 17.2 Å². The third-order valence-electron chi connectivity index (χ3n) is 5.16. The SMILES string of the molecule is CCN1c2ccccc2NC2=C(C(=O)CC(C)(C)C2)[C@H]1c1cccs1. The summed E-state index contributed by atoms with van der Waals surface area (Å²) in [6.07, 6.45) is 1.52. The van der Waals surface area contributed by atoms with Crippen LogP contribution in [0.5, 0.6) is 0 Å². The molecule has 0 amide bonds. The maximum absolute atomic E-state index is 13.2. The fourth-order valence-electron chi connectivity index (χ4n) is 4.15. The van der Waals surface area contributed by atoms with Crippen LogP contribution in [0.15, 0.2) is 53.0 Å². The van der Waals surface area contributed by atoms with Crippen LogP contribution in [-0.2, 0) is 4.79 Å². The fraction of sp³-hybridized carbons (Fsp3) is 0.381. The highest BCUT2D eigenvalue weighted by molar-refractivity contribution is 7.10. The minimum Gasteiger partial charge on any atom is -0.358 e. The maximum Gasteiger partial charge on any atom is 0.163 e. The number of allylic oxidation sites excluding steroid dienone is 1. The summed E-state index contributed by atoms with van der Waals surface area (Å²) in [5, 5.41) is 5.73. The van der Waals surface area contributed by atoms with Crippen molar-refractivity contribution < 1.29 is 4.79 Å². The Morgan fingerprint density at radius 2 is 2.00 bits per heavy atom. The van der Waals surface area contributed by atoms with E-state index in [0.29, 0.717) is 6.42 Å². The molecule has 2 aliphatic rings. The molecule has 0 spiro atoms. The van der Waals surface area contributed by atoms with Gasteiger partial charge in [-0.1, -0.05) is 32.0 Å². The normalized spacial score (nSPS) is 22.1. The Labute approximate surface area is 153 Å². The van der Waals surface area contributed by atoms with Crippen LogP contribution in [0.1, 0.15) is 44.5 Å². The molecule has 2 aromatic rings. The highest BCUT2D eigenvalue weighted by Gasteiger charge is 2.41. The topological polar surface area (TPSA) is 32.3 Å². The van der Waals surface area contributed by atoms with Crippen LogP contribution in [0, 0.1) is 5.41 Å². The van der Waals surface area contributed by atoms with E-state index >= 15 is 0 Å². The van der Waals surface area contributed by atoms with Crippen LogP contribution >= 0.6 is 11.3 Å². The molecule has 1 aromatic heterocycles. The van der Waals surface area contributed by atoms with Crippen molar-refractivity contribution >= 4 is 28.5 Å². The van der Waals surface area contributed by atoms with Crippen molar-refractivity contribution in [3.8, 4) is 0 Å². The molecule has 1 aliphatic heterocycles. The van der Waals surface area contributed by atoms with E-state index in [1.807, 2.05) is 0 Å². The second-order valence-corrected chi connectivity index (χ2v) is 8.66. The molecular weight excluding hydrogens is 328 g/mol. The van der Waals surface area contributed by atoms with E-state index < -0.39 is 0 Å². The van der Waals surface area contributed by atoms with E-state index in [1.165, 1.54) is 10.6 Å². The number of fused-ring (bicyclic) bond motifs is 1. The Bertz CT molecular complexity index is 835. The molecule has 25 heavy (non-hydrogen) atoms. The lowest BCUT2D eigenvalue weighted by Crippen LogP contribution is -2.35. The Morgan fingerprint density at radius 1 is 1.20 bits per heavy atom. The standard InChI is InChI=1S/C21H24N2OS/c1-4-23-16-9-6-5-8-14(16)22-15-12-21(2,3)13-17(24)19(15)20(23)18-10-7-11-25-18/h5-11,20,22H,4,12-13H2,1-3H3/t20-/m1/s1. The molecule has 130 valence electrons. The fourth-order valence-corrected chi connectivity index (χ4v) is 4.99. The molecular formula is C21H24N2OS. The van der Waals surface area contributed by atoms with E-state index in [4.69, 9.17) is 0 Å². The summed E-state index contributed by atoms with van der Waals surface area (Å²) in [5.74, 6) is 0.281. The van der Waals surface area contributed by atoms with Crippen LogP contribution in [0.3, 0.4) is 0 Å². The van der Waals surface area contributed by atoms with Crippen LogP contribution in [-0.4, -0.2) is 12.3 Å². The number of likely N-dealkylation sites (N-methyl/N-ethyl adjacent to an activating group) is 1. The van der Waals surface area contributed by atoms with E-state index in [1.54, 1.807) is 11.3 Å². The maximum atomic E-state index is 13.2. The number of ketones is 1. The lowest BCUT2D eigenvalue weighted by Gasteiger charge is -2.37. The van der Waals surface area contributed by atoms with E-state index in [2.05, 4.69) is 72.8 Å². The molecule has 0 saturated heterocycles. The smallest absolute Gasteiger partial charge is 0.163 e. The number of carbonyl (C=O) groups excluding carboxylic acids is 1. The predicted molar refractivity (Wildman–Crippen MR) is 105 cm³/mol. The molecule has 0 bridgehead atoms. The lowest BCUT2D eigenvalue weighted by molar-refractivity contribution is -0.118. The van der Waals surface area contributed by atoms with Gasteiger partial charge < -0.3 is 10.2 Å². The Morgan fingerprint density at radius 3 is 2.72 bits per heavy atom. The Balaban J connectivity index is 1.96. The number of hydrogen-bond acceptors (Lipinski definition) is 4. The van der Waals surface area contributed by atoms with Gasteiger partial charge in [-0.3, -0.25) is 4.79 Å². The second-order valence-electron chi connectivity index (χ2n) is 7.68. The minimum atomic E-state index is -0.000749. The molecule has 1 atom stereocenters. The molecule has 3 nitrogen and oxygen atoms in total. The van der Waals surface area contributed by atoms with Crippen molar-refractivity contribution in [3.63, 3.8) is 0 Å². The van der Waals surface area contributed by atoms with Crippen molar-refractivity contribution in [2.45, 2.75) is 39.7 Å². The first kappa shape index (κ1) is 16.4. The molecule has 1 N–H and O–H groups in total. The minimum absolute atomic E-state index is 0.000231. The highest BCUT2D eigenvalue weighted by Crippen LogP contribution is 2.48. The summed E-state index contributed by atoms with van der Waals surface area (Å²) in [4.78, 5) is 16.8. The predicted octanol–water partition coefficient (Wildman–Crippen LogP) is 5.38. The third kappa shape index (κ3) is 2.78. The van der Waals surface area contributed by atoms with Crippen molar-refractivity contribution in [1.82, 2.24) is 0 Å². The first-order chi connectivity index (χ1) is 12.0. The van der Waals surface area contributed by atoms with E-state index in [0.717, 1.165) is 29.9 Å². The number of hydrogen-bond donors (Lipinski definition) is 1. The number of thiophene rings is 1. The number of carbonyl (C=O) groups is 1. The summed E-state index contributed by atoms with van der Waals surface area (Å²) in [5.41, 5.74) is 4.33. The van der Waals surface area contributed by atoms with Gasteiger partial charge in [0.05, 0.1) is 17.4 Å². The molecule has 0 unspecified atom stereocenters. The number of anilines is 2. The van der Waals surface area contributed by atoms with Crippen molar-refractivity contribution in [2.75, 3.05) is 16.8 Å². The first-order valence-corrected chi connectivity index (χ1v) is 9.80. The largest absolute Gasteiger partial charge is 0.358 e. The second kappa shape index (κ2) is 6.03. The van der Waals surface area contributed by atoms with Gasteiger partial charge in [0.2, 0.25) is 0 Å². The number of nitrogens with zero attached hydrogens (tertiary/aromatic N) is 1. The number of rotatable bonds is 2. The zero-order chi connectivity index (χ0) is 17.6. The highest BCUT2D eigenvalue weighted by atomic mass is 32.1. The van der Waals surface area contributed by atoms with Gasteiger partial charge in [0.25, 0.3) is 0 Å². The molecule has 1 aliphatic carbocycles. The summed E-state index contributed by atoms with van der Waals surface area (Å²) >= 11 is 1.73.